The molecule has 0 amide bonds. The van der Waals surface area contributed by atoms with Gasteiger partial charge in [0, 0.05) is 35.9 Å². The molecule has 1 saturated carbocycles. The van der Waals surface area contributed by atoms with Gasteiger partial charge in [0.1, 0.15) is 6.61 Å². The summed E-state index contributed by atoms with van der Waals surface area (Å²) < 4.78 is 47.2. The fourth-order valence-corrected chi connectivity index (χ4v) is 12.3. The Kier molecular flexibility index (Phi) is 9.04. The molecule has 0 unspecified atom stereocenters. The van der Waals surface area contributed by atoms with Gasteiger partial charge in [-0.1, -0.05) is 54.4 Å². The van der Waals surface area contributed by atoms with Gasteiger partial charge < -0.3 is 24.1 Å². The molecule has 3 rings (SSSR count). The zero-order valence-electron chi connectivity index (χ0n) is 23.8. The summed E-state index contributed by atoms with van der Waals surface area (Å²) >= 11 is 0. The molecule has 0 spiro atoms. The topological polar surface area (TPSA) is 43.0 Å². The molecular formula is C28H48F2N2O3Si. The highest BCUT2D eigenvalue weighted by Gasteiger charge is 2.48. The van der Waals surface area contributed by atoms with Gasteiger partial charge in [0.2, 0.25) is 8.32 Å². The molecule has 2 aliphatic rings. The van der Waals surface area contributed by atoms with Crippen molar-refractivity contribution >= 4 is 14.0 Å². The van der Waals surface area contributed by atoms with E-state index in [1.54, 1.807) is 6.07 Å². The summed E-state index contributed by atoms with van der Waals surface area (Å²) in [6.07, 6.45) is 1.26. The Bertz CT molecular complexity index is 857. The van der Waals surface area contributed by atoms with Crippen molar-refractivity contribution in [3.63, 3.8) is 0 Å². The normalized spacial score (nSPS) is 22.8. The number of ether oxygens (including phenoxy) is 2. The summed E-state index contributed by atoms with van der Waals surface area (Å²) in [5.41, 5.74) is 1.60. The van der Waals surface area contributed by atoms with E-state index in [1.807, 2.05) is 12.1 Å². The standard InChI is InChI=1S/C28H48F2N2O3Si/c1-19(2)36(20(3)4,21(5)6)34-18-28(29,30)35-25-15-14-22(16-26(25)33-9)32-17-27(7,8)31-23-12-10-11-13-24(23)32/h14-16,19-21,23-24,31H,10-13,17-18H2,1-9H3/t23-,24-/m0/s1. The summed E-state index contributed by atoms with van der Waals surface area (Å²) in [5, 5.41) is 3.81. The molecule has 0 radical (unpaired) electrons. The number of rotatable bonds is 10. The second-order valence-corrected chi connectivity index (χ2v) is 17.8. The van der Waals surface area contributed by atoms with Crippen LogP contribution in [-0.4, -0.2) is 52.3 Å². The summed E-state index contributed by atoms with van der Waals surface area (Å²) in [4.78, 5) is 2.42. The maximum Gasteiger partial charge on any atom is 0.420 e. The lowest BCUT2D eigenvalue weighted by Crippen LogP contribution is -2.67. The number of halogens is 2. The summed E-state index contributed by atoms with van der Waals surface area (Å²) in [7, 11) is -0.942. The smallest absolute Gasteiger partial charge is 0.420 e. The van der Waals surface area contributed by atoms with Crippen LogP contribution in [0.25, 0.3) is 0 Å². The fourth-order valence-electron chi connectivity index (χ4n) is 6.84. The Labute approximate surface area is 218 Å². The lowest BCUT2D eigenvalue weighted by molar-refractivity contribution is -0.198. The molecule has 1 N–H and O–H groups in total. The number of benzene rings is 1. The van der Waals surface area contributed by atoms with Gasteiger partial charge >= 0.3 is 6.11 Å². The Hall–Kier alpha value is -1.38. The predicted molar refractivity (Wildman–Crippen MR) is 146 cm³/mol. The second kappa shape index (κ2) is 11.2. The highest BCUT2D eigenvalue weighted by Crippen LogP contribution is 2.44. The number of anilines is 1. The first-order chi connectivity index (χ1) is 16.7. The van der Waals surface area contributed by atoms with Crippen molar-refractivity contribution in [1.29, 1.82) is 0 Å². The average Bonchev–Trinajstić information content (AvgIpc) is 2.77. The van der Waals surface area contributed by atoms with E-state index in [-0.39, 0.29) is 27.9 Å². The van der Waals surface area contributed by atoms with E-state index in [9.17, 15) is 0 Å². The first kappa shape index (κ1) is 29.2. The Morgan fingerprint density at radius 1 is 1.03 bits per heavy atom. The van der Waals surface area contributed by atoms with Gasteiger partial charge in [-0.15, -0.1) is 0 Å². The van der Waals surface area contributed by atoms with E-state index in [4.69, 9.17) is 13.9 Å². The van der Waals surface area contributed by atoms with Crippen LogP contribution in [0.4, 0.5) is 14.5 Å². The molecule has 1 heterocycles. The SMILES string of the molecule is COc1cc(N2CC(C)(C)N[C@H]3CCCC[C@@H]32)ccc1OC(F)(F)CO[Si](C(C)C)(C(C)C)C(C)C. The fraction of sp³-hybridized carbons (Fsp3) is 0.786. The van der Waals surface area contributed by atoms with Crippen LogP contribution in [0.3, 0.4) is 0 Å². The molecule has 1 saturated heterocycles. The van der Waals surface area contributed by atoms with Crippen LogP contribution in [0.1, 0.15) is 81.1 Å². The van der Waals surface area contributed by atoms with Crippen molar-refractivity contribution in [3.05, 3.63) is 18.2 Å². The Morgan fingerprint density at radius 2 is 1.64 bits per heavy atom. The molecule has 2 atom stereocenters. The molecular weight excluding hydrogens is 478 g/mol. The highest BCUT2D eigenvalue weighted by molar-refractivity contribution is 6.77. The number of nitrogens with one attached hydrogen (secondary N) is 1. The Morgan fingerprint density at radius 3 is 2.22 bits per heavy atom. The third-order valence-electron chi connectivity index (χ3n) is 8.21. The quantitative estimate of drug-likeness (QED) is 0.323. The van der Waals surface area contributed by atoms with Crippen LogP contribution in [0.15, 0.2) is 18.2 Å². The minimum Gasteiger partial charge on any atom is -0.493 e. The van der Waals surface area contributed by atoms with Crippen molar-refractivity contribution in [1.82, 2.24) is 5.32 Å². The average molecular weight is 527 g/mol. The van der Waals surface area contributed by atoms with Crippen molar-refractivity contribution in [2.45, 2.75) is 121 Å². The number of hydrogen-bond acceptors (Lipinski definition) is 5. The summed E-state index contributed by atoms with van der Waals surface area (Å²) in [6.45, 7) is 17.0. The minimum absolute atomic E-state index is 0.0368. The zero-order valence-corrected chi connectivity index (χ0v) is 24.8. The third-order valence-corrected chi connectivity index (χ3v) is 14.3. The van der Waals surface area contributed by atoms with Crippen molar-refractivity contribution < 1.29 is 22.7 Å². The molecule has 0 bridgehead atoms. The number of hydrogen-bond donors (Lipinski definition) is 1. The van der Waals surface area contributed by atoms with Gasteiger partial charge in [0.05, 0.1) is 7.11 Å². The van der Waals surface area contributed by atoms with Crippen molar-refractivity contribution in [3.8, 4) is 11.5 Å². The van der Waals surface area contributed by atoms with Gasteiger partial charge in [0.15, 0.2) is 11.5 Å². The van der Waals surface area contributed by atoms with Crippen LogP contribution < -0.4 is 19.7 Å². The number of nitrogens with zero attached hydrogens (tertiary/aromatic N) is 1. The van der Waals surface area contributed by atoms with Crippen molar-refractivity contribution in [2.24, 2.45) is 0 Å². The molecule has 0 aromatic heterocycles. The van der Waals surface area contributed by atoms with Crippen LogP contribution in [0.5, 0.6) is 11.5 Å². The third kappa shape index (κ3) is 6.18. The molecule has 5 nitrogen and oxygen atoms in total. The molecule has 36 heavy (non-hydrogen) atoms. The highest BCUT2D eigenvalue weighted by atomic mass is 28.4. The van der Waals surface area contributed by atoms with Gasteiger partial charge in [-0.3, -0.25) is 0 Å². The van der Waals surface area contributed by atoms with Crippen LogP contribution in [0, 0.1) is 0 Å². The van der Waals surface area contributed by atoms with Crippen LogP contribution in [0.2, 0.25) is 16.6 Å². The Balaban J connectivity index is 1.80. The maximum atomic E-state index is 15.1. The van der Waals surface area contributed by atoms with Crippen LogP contribution in [-0.2, 0) is 4.43 Å². The lowest BCUT2D eigenvalue weighted by Gasteiger charge is -2.52. The predicted octanol–water partition coefficient (Wildman–Crippen LogP) is 7.36. The van der Waals surface area contributed by atoms with E-state index in [0.29, 0.717) is 17.8 Å². The van der Waals surface area contributed by atoms with E-state index < -0.39 is 21.0 Å². The number of fused-ring (bicyclic) bond motifs is 1. The molecule has 1 aromatic rings. The van der Waals surface area contributed by atoms with Gasteiger partial charge in [-0.05, 0) is 55.4 Å². The number of alkyl halides is 2. The molecule has 1 aliphatic carbocycles. The minimum atomic E-state index is -3.46. The van der Waals surface area contributed by atoms with E-state index >= 15 is 8.78 Å². The number of piperazine rings is 1. The summed E-state index contributed by atoms with van der Waals surface area (Å²) in [6, 6.07) is 6.16. The van der Waals surface area contributed by atoms with Gasteiger partial charge in [-0.25, -0.2) is 0 Å². The largest absolute Gasteiger partial charge is 0.493 e. The zero-order chi connectivity index (χ0) is 26.9. The molecule has 1 aliphatic heterocycles. The lowest BCUT2D eigenvalue weighted by atomic mass is 9.83. The van der Waals surface area contributed by atoms with Gasteiger partial charge in [0.25, 0.3) is 0 Å². The first-order valence-electron chi connectivity index (χ1n) is 13.7. The molecule has 206 valence electrons. The van der Waals surface area contributed by atoms with Gasteiger partial charge in [-0.2, -0.15) is 8.78 Å². The number of methoxy groups -OCH3 is 1. The van der Waals surface area contributed by atoms with Crippen LogP contribution >= 0.6 is 0 Å². The molecule has 8 heteroatoms. The maximum absolute atomic E-state index is 15.1. The monoisotopic (exact) mass is 526 g/mol. The van der Waals surface area contributed by atoms with E-state index in [0.717, 1.165) is 25.1 Å². The van der Waals surface area contributed by atoms with Crippen molar-refractivity contribution in [2.75, 3.05) is 25.2 Å². The molecule has 2 fully saturated rings. The van der Waals surface area contributed by atoms with E-state index in [2.05, 4.69) is 65.6 Å². The van der Waals surface area contributed by atoms with E-state index in [1.165, 1.54) is 20.0 Å². The summed E-state index contributed by atoms with van der Waals surface area (Å²) in [5.74, 6) is 0.353. The first-order valence-corrected chi connectivity index (χ1v) is 15.8. The molecule has 1 aromatic carbocycles. The second-order valence-electron chi connectivity index (χ2n) is 12.3.